The van der Waals surface area contributed by atoms with Crippen molar-refractivity contribution >= 4 is 17.4 Å². The van der Waals surface area contributed by atoms with Gasteiger partial charge in [-0.05, 0) is 30.2 Å². The third kappa shape index (κ3) is 2.96. The summed E-state index contributed by atoms with van der Waals surface area (Å²) >= 11 is 5.83. The Morgan fingerprint density at radius 1 is 1.50 bits per heavy atom. The number of carbonyl (C=O) groups is 1. The standard InChI is InChI=1S/C13H12ClFN2O/c1-17-8-9(7-16-17)2-5-13(18)11-4-3-10(15)6-12(11)14/h3-4,6-8H,2,5H2,1H3. The fraction of sp³-hybridized carbons (Fsp3) is 0.231. The van der Waals surface area contributed by atoms with Crippen LogP contribution in [0.2, 0.25) is 5.02 Å². The number of aryl methyl sites for hydroxylation is 2. The quantitative estimate of drug-likeness (QED) is 0.798. The van der Waals surface area contributed by atoms with Crippen molar-refractivity contribution in [2.45, 2.75) is 12.8 Å². The van der Waals surface area contributed by atoms with E-state index in [2.05, 4.69) is 5.10 Å². The van der Waals surface area contributed by atoms with E-state index in [1.54, 1.807) is 10.9 Å². The van der Waals surface area contributed by atoms with Crippen LogP contribution in [0.3, 0.4) is 0 Å². The summed E-state index contributed by atoms with van der Waals surface area (Å²) in [5.41, 5.74) is 1.35. The largest absolute Gasteiger partial charge is 0.294 e. The summed E-state index contributed by atoms with van der Waals surface area (Å²) in [5.74, 6) is -0.535. The molecule has 3 nitrogen and oxygen atoms in total. The number of benzene rings is 1. The maximum absolute atomic E-state index is 12.9. The first-order valence-electron chi connectivity index (χ1n) is 5.52. The minimum Gasteiger partial charge on any atom is -0.294 e. The van der Waals surface area contributed by atoms with E-state index in [4.69, 9.17) is 11.6 Å². The second-order valence-electron chi connectivity index (χ2n) is 4.07. The molecule has 0 saturated carbocycles. The predicted molar refractivity (Wildman–Crippen MR) is 67.3 cm³/mol. The lowest BCUT2D eigenvalue weighted by atomic mass is 10.0. The van der Waals surface area contributed by atoms with E-state index in [1.165, 1.54) is 12.1 Å². The number of Topliss-reactive ketones (excluding diaryl/α,β-unsaturated/α-hetero) is 1. The lowest BCUT2D eigenvalue weighted by molar-refractivity contribution is 0.0983. The summed E-state index contributed by atoms with van der Waals surface area (Å²) in [4.78, 5) is 11.9. The number of hydrogen-bond donors (Lipinski definition) is 0. The van der Waals surface area contributed by atoms with Crippen molar-refractivity contribution in [1.29, 1.82) is 0 Å². The zero-order valence-corrected chi connectivity index (χ0v) is 10.6. The van der Waals surface area contributed by atoms with Crippen LogP contribution in [0, 0.1) is 5.82 Å². The predicted octanol–water partition coefficient (Wildman–Crippen LogP) is 3.03. The van der Waals surface area contributed by atoms with Gasteiger partial charge >= 0.3 is 0 Å². The molecule has 0 amide bonds. The molecule has 0 aliphatic carbocycles. The number of halogens is 2. The molecule has 0 aliphatic rings. The third-order valence-corrected chi connectivity index (χ3v) is 2.94. The molecule has 0 unspecified atom stereocenters. The van der Waals surface area contributed by atoms with Crippen LogP contribution in [0.15, 0.2) is 30.6 Å². The highest BCUT2D eigenvalue weighted by molar-refractivity contribution is 6.33. The van der Waals surface area contributed by atoms with E-state index in [0.717, 1.165) is 11.6 Å². The monoisotopic (exact) mass is 266 g/mol. The molecule has 1 aromatic heterocycles. The summed E-state index contributed by atoms with van der Waals surface area (Å²) in [6.07, 6.45) is 4.51. The van der Waals surface area contributed by atoms with E-state index >= 15 is 0 Å². The van der Waals surface area contributed by atoms with Gasteiger partial charge in [0, 0.05) is 25.2 Å². The van der Waals surface area contributed by atoms with Gasteiger partial charge in [-0.15, -0.1) is 0 Å². The summed E-state index contributed by atoms with van der Waals surface area (Å²) in [6, 6.07) is 3.81. The summed E-state index contributed by atoms with van der Waals surface area (Å²) < 4.78 is 14.5. The van der Waals surface area contributed by atoms with Crippen molar-refractivity contribution < 1.29 is 9.18 Å². The Morgan fingerprint density at radius 3 is 2.89 bits per heavy atom. The van der Waals surface area contributed by atoms with Gasteiger partial charge in [-0.25, -0.2) is 4.39 Å². The van der Waals surface area contributed by atoms with E-state index in [-0.39, 0.29) is 10.8 Å². The number of rotatable bonds is 4. The Hall–Kier alpha value is -1.68. The maximum atomic E-state index is 12.9. The first-order chi connectivity index (χ1) is 8.56. The Kier molecular flexibility index (Phi) is 3.77. The lowest BCUT2D eigenvalue weighted by Crippen LogP contribution is -2.02. The highest BCUT2D eigenvalue weighted by Gasteiger charge is 2.11. The minimum absolute atomic E-state index is 0.0937. The molecular formula is C13H12ClFN2O. The summed E-state index contributed by atoms with van der Waals surface area (Å²) in [5, 5.41) is 4.18. The molecule has 0 N–H and O–H groups in total. The summed E-state index contributed by atoms with van der Waals surface area (Å²) in [6.45, 7) is 0. The topological polar surface area (TPSA) is 34.9 Å². The molecule has 94 valence electrons. The number of nitrogens with zero attached hydrogens (tertiary/aromatic N) is 2. The van der Waals surface area contributed by atoms with Crippen molar-refractivity contribution in [2.24, 2.45) is 7.05 Å². The van der Waals surface area contributed by atoms with Gasteiger partial charge < -0.3 is 0 Å². The molecule has 2 rings (SSSR count). The van der Waals surface area contributed by atoms with Crippen LogP contribution in [0.1, 0.15) is 22.3 Å². The molecule has 1 aromatic carbocycles. The van der Waals surface area contributed by atoms with Crippen LogP contribution in [-0.2, 0) is 13.5 Å². The van der Waals surface area contributed by atoms with Crippen LogP contribution >= 0.6 is 11.6 Å². The SMILES string of the molecule is Cn1cc(CCC(=O)c2ccc(F)cc2Cl)cn1. The van der Waals surface area contributed by atoms with Crippen molar-refractivity contribution in [3.8, 4) is 0 Å². The number of carbonyl (C=O) groups excluding carboxylic acids is 1. The zero-order valence-electron chi connectivity index (χ0n) is 9.86. The van der Waals surface area contributed by atoms with Gasteiger partial charge in [0.15, 0.2) is 5.78 Å². The molecule has 0 fully saturated rings. The second-order valence-corrected chi connectivity index (χ2v) is 4.48. The first-order valence-corrected chi connectivity index (χ1v) is 5.90. The Balaban J connectivity index is 2.03. The van der Waals surface area contributed by atoms with Crippen LogP contribution in [-0.4, -0.2) is 15.6 Å². The smallest absolute Gasteiger partial charge is 0.164 e. The van der Waals surface area contributed by atoms with Crippen LogP contribution in [0.4, 0.5) is 4.39 Å². The van der Waals surface area contributed by atoms with E-state index in [0.29, 0.717) is 18.4 Å². The van der Waals surface area contributed by atoms with Gasteiger partial charge in [-0.2, -0.15) is 5.10 Å². The molecule has 0 aliphatic heterocycles. The number of aromatic nitrogens is 2. The fourth-order valence-electron chi connectivity index (χ4n) is 1.71. The first kappa shape index (κ1) is 12.8. The Bertz CT molecular complexity index is 580. The van der Waals surface area contributed by atoms with Crippen molar-refractivity contribution in [3.63, 3.8) is 0 Å². The molecule has 1 heterocycles. The Morgan fingerprint density at radius 2 is 2.28 bits per heavy atom. The average Bonchev–Trinajstić information content (AvgIpc) is 2.72. The lowest BCUT2D eigenvalue weighted by Gasteiger charge is -2.02. The van der Waals surface area contributed by atoms with E-state index < -0.39 is 5.82 Å². The van der Waals surface area contributed by atoms with E-state index in [9.17, 15) is 9.18 Å². The molecule has 2 aromatic rings. The normalized spacial score (nSPS) is 10.6. The maximum Gasteiger partial charge on any atom is 0.164 e. The van der Waals surface area contributed by atoms with Crippen molar-refractivity contribution in [2.75, 3.05) is 0 Å². The summed E-state index contributed by atoms with van der Waals surface area (Å²) in [7, 11) is 1.82. The second kappa shape index (κ2) is 5.31. The molecule has 0 bridgehead atoms. The highest BCUT2D eigenvalue weighted by atomic mass is 35.5. The van der Waals surface area contributed by atoms with Crippen molar-refractivity contribution in [1.82, 2.24) is 9.78 Å². The Labute approximate surface area is 109 Å². The van der Waals surface area contributed by atoms with Gasteiger partial charge in [0.1, 0.15) is 5.82 Å². The minimum atomic E-state index is -0.441. The van der Waals surface area contributed by atoms with E-state index in [1.807, 2.05) is 13.2 Å². The molecule has 0 saturated heterocycles. The van der Waals surface area contributed by atoms with Gasteiger partial charge in [0.2, 0.25) is 0 Å². The molecule has 0 radical (unpaired) electrons. The number of ketones is 1. The van der Waals surface area contributed by atoms with Crippen LogP contribution in [0.25, 0.3) is 0 Å². The zero-order chi connectivity index (χ0) is 13.1. The third-order valence-electron chi connectivity index (χ3n) is 2.63. The van der Waals surface area contributed by atoms with Gasteiger partial charge in [-0.3, -0.25) is 9.48 Å². The highest BCUT2D eigenvalue weighted by Crippen LogP contribution is 2.19. The molecule has 0 spiro atoms. The average molecular weight is 267 g/mol. The molecule has 5 heteroatoms. The van der Waals surface area contributed by atoms with Gasteiger partial charge in [-0.1, -0.05) is 11.6 Å². The van der Waals surface area contributed by atoms with Crippen LogP contribution in [0.5, 0.6) is 0 Å². The van der Waals surface area contributed by atoms with Crippen LogP contribution < -0.4 is 0 Å². The van der Waals surface area contributed by atoms with Gasteiger partial charge in [0.05, 0.1) is 11.2 Å². The van der Waals surface area contributed by atoms with Crippen molar-refractivity contribution in [3.05, 3.63) is 52.6 Å². The molecule has 0 atom stereocenters. The molecular weight excluding hydrogens is 255 g/mol. The van der Waals surface area contributed by atoms with Gasteiger partial charge in [0.25, 0.3) is 0 Å². The fourth-order valence-corrected chi connectivity index (χ4v) is 1.98. The number of hydrogen-bond acceptors (Lipinski definition) is 2. The molecule has 18 heavy (non-hydrogen) atoms.